The number of nitrogens with one attached hydrogen (secondary N) is 1. The van der Waals surface area contributed by atoms with Crippen molar-refractivity contribution < 1.29 is 9.84 Å². The molecule has 2 N–H and O–H groups in total. The Morgan fingerprint density at radius 1 is 0.889 bits per heavy atom. The molecular formula is C22H21Cl2NO2. The molecule has 0 spiro atoms. The molecule has 0 aliphatic heterocycles. The van der Waals surface area contributed by atoms with Crippen LogP contribution in [-0.4, -0.2) is 11.7 Å². The van der Waals surface area contributed by atoms with Gasteiger partial charge in [0.05, 0.1) is 16.1 Å². The topological polar surface area (TPSA) is 41.5 Å². The van der Waals surface area contributed by atoms with Crippen molar-refractivity contribution in [1.82, 2.24) is 5.32 Å². The average molecular weight is 402 g/mol. The number of ether oxygens (including phenoxy) is 1. The van der Waals surface area contributed by atoms with Crippen LogP contribution in [0.15, 0.2) is 72.8 Å². The minimum Gasteiger partial charge on any atom is -0.489 e. The van der Waals surface area contributed by atoms with Crippen LogP contribution in [0.1, 0.15) is 22.8 Å². The molecule has 0 saturated heterocycles. The van der Waals surface area contributed by atoms with Crippen molar-refractivity contribution in [3.63, 3.8) is 0 Å². The molecule has 3 aromatic rings. The number of para-hydroxylation sites is 1. The van der Waals surface area contributed by atoms with E-state index in [2.05, 4.69) is 5.32 Å². The van der Waals surface area contributed by atoms with E-state index in [9.17, 15) is 5.11 Å². The zero-order valence-corrected chi connectivity index (χ0v) is 16.3. The van der Waals surface area contributed by atoms with E-state index >= 15 is 0 Å². The first kappa shape index (κ1) is 19.7. The molecule has 0 fully saturated rings. The van der Waals surface area contributed by atoms with Crippen molar-refractivity contribution in [1.29, 1.82) is 0 Å². The van der Waals surface area contributed by atoms with Gasteiger partial charge in [-0.3, -0.25) is 0 Å². The molecule has 0 radical (unpaired) electrons. The predicted molar refractivity (Wildman–Crippen MR) is 110 cm³/mol. The highest BCUT2D eigenvalue weighted by Crippen LogP contribution is 2.24. The first-order valence-corrected chi connectivity index (χ1v) is 9.47. The van der Waals surface area contributed by atoms with Crippen LogP contribution < -0.4 is 10.1 Å². The Morgan fingerprint density at radius 3 is 2.41 bits per heavy atom. The lowest BCUT2D eigenvalue weighted by Gasteiger charge is -2.15. The zero-order valence-electron chi connectivity index (χ0n) is 14.7. The van der Waals surface area contributed by atoms with Gasteiger partial charge in [0.15, 0.2) is 0 Å². The molecule has 5 heteroatoms. The number of hydrogen-bond donors (Lipinski definition) is 2. The average Bonchev–Trinajstić information content (AvgIpc) is 2.70. The first-order chi connectivity index (χ1) is 13.1. The number of aliphatic hydroxyl groups excluding tert-OH is 1. The van der Waals surface area contributed by atoms with Crippen LogP contribution in [0.25, 0.3) is 0 Å². The maximum absolute atomic E-state index is 10.3. The summed E-state index contributed by atoms with van der Waals surface area (Å²) in [6, 6.07) is 22.9. The van der Waals surface area contributed by atoms with Gasteiger partial charge in [-0.05, 0) is 29.3 Å². The zero-order chi connectivity index (χ0) is 19.1. The van der Waals surface area contributed by atoms with Crippen LogP contribution >= 0.6 is 23.2 Å². The molecular weight excluding hydrogens is 381 g/mol. The summed E-state index contributed by atoms with van der Waals surface area (Å²) in [7, 11) is 0. The molecule has 27 heavy (non-hydrogen) atoms. The molecule has 0 aliphatic rings. The molecule has 140 valence electrons. The standard InChI is InChI=1S/C22H21Cl2NO2/c23-19-11-10-16(12-20(19)24)15-27-22-9-5-4-8-18(22)13-25-14-21(26)17-6-2-1-3-7-17/h1-12,21,25-26H,13-15H2/t21-/m1/s1. The molecule has 3 rings (SSSR count). The number of aliphatic hydroxyl groups is 1. The SMILES string of the molecule is O[C@H](CNCc1ccccc1OCc1ccc(Cl)c(Cl)c1)c1ccccc1. The monoisotopic (exact) mass is 401 g/mol. The second kappa shape index (κ2) is 9.77. The molecule has 3 aromatic carbocycles. The van der Waals surface area contributed by atoms with Gasteiger partial charge in [0.1, 0.15) is 12.4 Å². The lowest BCUT2D eigenvalue weighted by molar-refractivity contribution is 0.174. The van der Waals surface area contributed by atoms with E-state index in [1.54, 1.807) is 12.1 Å². The van der Waals surface area contributed by atoms with Crippen LogP contribution in [-0.2, 0) is 13.2 Å². The van der Waals surface area contributed by atoms with Crippen molar-refractivity contribution in [2.45, 2.75) is 19.3 Å². The van der Waals surface area contributed by atoms with E-state index in [1.807, 2.05) is 60.7 Å². The minimum atomic E-state index is -0.546. The van der Waals surface area contributed by atoms with Crippen molar-refractivity contribution in [3.05, 3.63) is 99.5 Å². The minimum absolute atomic E-state index is 0.403. The highest BCUT2D eigenvalue weighted by Gasteiger charge is 2.08. The molecule has 0 aromatic heterocycles. The molecule has 0 saturated carbocycles. The summed E-state index contributed by atoms with van der Waals surface area (Å²) in [5, 5.41) is 14.6. The summed E-state index contributed by atoms with van der Waals surface area (Å²) in [5.41, 5.74) is 2.87. The van der Waals surface area contributed by atoms with Gasteiger partial charge >= 0.3 is 0 Å². The van der Waals surface area contributed by atoms with Crippen LogP contribution in [0.5, 0.6) is 5.75 Å². The van der Waals surface area contributed by atoms with E-state index < -0.39 is 6.10 Å². The second-order valence-corrected chi connectivity index (χ2v) is 7.02. The second-order valence-electron chi connectivity index (χ2n) is 6.20. The molecule has 0 unspecified atom stereocenters. The van der Waals surface area contributed by atoms with E-state index in [0.29, 0.717) is 29.7 Å². The molecule has 3 nitrogen and oxygen atoms in total. The van der Waals surface area contributed by atoms with E-state index in [-0.39, 0.29) is 0 Å². The van der Waals surface area contributed by atoms with Gasteiger partial charge in [-0.25, -0.2) is 0 Å². The highest BCUT2D eigenvalue weighted by atomic mass is 35.5. The Morgan fingerprint density at radius 2 is 1.63 bits per heavy atom. The summed E-state index contributed by atoms with van der Waals surface area (Å²) in [4.78, 5) is 0. The fourth-order valence-electron chi connectivity index (χ4n) is 2.72. The lowest BCUT2D eigenvalue weighted by atomic mass is 10.1. The Kier molecular flexibility index (Phi) is 7.13. The van der Waals surface area contributed by atoms with Crippen molar-refractivity contribution in [2.75, 3.05) is 6.54 Å². The molecule has 0 amide bonds. The Bertz CT molecular complexity index is 871. The van der Waals surface area contributed by atoms with Crippen LogP contribution in [0.3, 0.4) is 0 Å². The third kappa shape index (κ3) is 5.72. The molecule has 0 bridgehead atoms. The highest BCUT2D eigenvalue weighted by molar-refractivity contribution is 6.42. The van der Waals surface area contributed by atoms with Gasteiger partial charge in [0, 0.05) is 18.7 Å². The fourth-order valence-corrected chi connectivity index (χ4v) is 3.04. The third-order valence-electron chi connectivity index (χ3n) is 4.19. The Labute approximate surface area is 169 Å². The summed E-state index contributed by atoms with van der Waals surface area (Å²) in [5.74, 6) is 0.797. The first-order valence-electron chi connectivity index (χ1n) is 8.72. The van der Waals surface area contributed by atoms with E-state index in [4.69, 9.17) is 27.9 Å². The van der Waals surface area contributed by atoms with Gasteiger partial charge in [-0.1, -0.05) is 77.8 Å². The molecule has 0 aliphatic carbocycles. The van der Waals surface area contributed by atoms with Crippen molar-refractivity contribution in [2.24, 2.45) is 0 Å². The Hall–Kier alpha value is -2.04. The summed E-state index contributed by atoms with van der Waals surface area (Å²) >= 11 is 12.0. The number of hydrogen-bond acceptors (Lipinski definition) is 3. The van der Waals surface area contributed by atoms with Gasteiger partial charge in [0.2, 0.25) is 0 Å². The maximum Gasteiger partial charge on any atom is 0.124 e. The van der Waals surface area contributed by atoms with Crippen molar-refractivity contribution >= 4 is 23.2 Å². The quantitative estimate of drug-likeness (QED) is 0.531. The smallest absolute Gasteiger partial charge is 0.124 e. The maximum atomic E-state index is 10.3. The number of rotatable bonds is 8. The predicted octanol–water partition coefficient (Wildman–Crippen LogP) is 5.40. The fraction of sp³-hybridized carbons (Fsp3) is 0.182. The van der Waals surface area contributed by atoms with E-state index in [0.717, 1.165) is 22.4 Å². The summed E-state index contributed by atoms with van der Waals surface area (Å²) in [6.07, 6.45) is -0.546. The van der Waals surface area contributed by atoms with Gasteiger partial charge in [-0.2, -0.15) is 0 Å². The van der Waals surface area contributed by atoms with E-state index in [1.165, 1.54) is 0 Å². The van der Waals surface area contributed by atoms with Crippen molar-refractivity contribution in [3.8, 4) is 5.75 Å². The third-order valence-corrected chi connectivity index (χ3v) is 4.93. The normalized spacial score (nSPS) is 12.0. The van der Waals surface area contributed by atoms with Crippen LogP contribution in [0.4, 0.5) is 0 Å². The molecule has 1 atom stereocenters. The summed E-state index contributed by atoms with van der Waals surface area (Å²) < 4.78 is 5.96. The van der Waals surface area contributed by atoms with Gasteiger partial charge in [-0.15, -0.1) is 0 Å². The number of benzene rings is 3. The summed E-state index contributed by atoms with van der Waals surface area (Å²) in [6.45, 7) is 1.47. The number of halogens is 2. The van der Waals surface area contributed by atoms with Gasteiger partial charge in [0.25, 0.3) is 0 Å². The largest absolute Gasteiger partial charge is 0.489 e. The Balaban J connectivity index is 1.56. The van der Waals surface area contributed by atoms with Gasteiger partial charge < -0.3 is 15.2 Å². The molecule has 0 heterocycles. The van der Waals surface area contributed by atoms with Crippen LogP contribution in [0, 0.1) is 0 Å². The lowest BCUT2D eigenvalue weighted by Crippen LogP contribution is -2.21. The van der Waals surface area contributed by atoms with Crippen LogP contribution in [0.2, 0.25) is 10.0 Å².